The van der Waals surface area contributed by atoms with Crippen molar-refractivity contribution in [1.82, 2.24) is 9.55 Å². The molecule has 84 valence electrons. The molecule has 6 nitrogen and oxygen atoms in total. The minimum atomic E-state index is -0.547. The van der Waals surface area contributed by atoms with E-state index in [1.54, 1.807) is 22.9 Å². The molecule has 6 heteroatoms. The molecule has 0 saturated carbocycles. The van der Waals surface area contributed by atoms with Crippen LogP contribution in [0, 0.1) is 11.3 Å². The number of aromatic nitrogens is 2. The number of rotatable bonds is 2. The average Bonchev–Trinajstić information content (AvgIpc) is 2.76. The maximum Gasteiger partial charge on any atom is 0.248 e. The molecule has 0 aliphatic heterocycles. The van der Waals surface area contributed by atoms with Crippen LogP contribution in [0.3, 0.4) is 0 Å². The Kier molecular flexibility index (Phi) is 2.51. The van der Waals surface area contributed by atoms with Crippen molar-refractivity contribution >= 4 is 11.6 Å². The summed E-state index contributed by atoms with van der Waals surface area (Å²) in [5.74, 6) is -0.321. The van der Waals surface area contributed by atoms with Crippen molar-refractivity contribution in [2.75, 3.05) is 5.73 Å². The van der Waals surface area contributed by atoms with Crippen LogP contribution >= 0.6 is 0 Å². The highest BCUT2D eigenvalue weighted by atomic mass is 16.1. The number of primary amides is 1. The third-order valence-corrected chi connectivity index (χ3v) is 2.31. The van der Waals surface area contributed by atoms with E-state index in [4.69, 9.17) is 16.7 Å². The first-order chi connectivity index (χ1) is 8.13. The summed E-state index contributed by atoms with van der Waals surface area (Å²) >= 11 is 0. The Morgan fingerprint density at radius 1 is 1.47 bits per heavy atom. The number of nitrogen functional groups attached to an aromatic ring is 1. The molecule has 1 heterocycles. The van der Waals surface area contributed by atoms with E-state index in [9.17, 15) is 4.79 Å². The van der Waals surface area contributed by atoms with Gasteiger partial charge in [0.2, 0.25) is 11.7 Å². The lowest BCUT2D eigenvalue weighted by molar-refractivity contribution is 0.100. The van der Waals surface area contributed by atoms with Gasteiger partial charge in [0.1, 0.15) is 6.07 Å². The second-order valence-corrected chi connectivity index (χ2v) is 3.37. The highest BCUT2D eigenvalue weighted by Gasteiger charge is 2.09. The third kappa shape index (κ3) is 1.81. The second kappa shape index (κ2) is 3.98. The number of amides is 1. The first-order valence-corrected chi connectivity index (χ1v) is 4.76. The Balaban J connectivity index is 2.55. The molecule has 0 aliphatic rings. The van der Waals surface area contributed by atoms with Gasteiger partial charge in [0.05, 0.1) is 11.4 Å². The van der Waals surface area contributed by atoms with E-state index in [1.807, 2.05) is 6.07 Å². The molecule has 0 radical (unpaired) electrons. The molecule has 4 N–H and O–H groups in total. The normalized spacial score (nSPS) is 9.82. The van der Waals surface area contributed by atoms with Gasteiger partial charge in [0, 0.05) is 18.0 Å². The van der Waals surface area contributed by atoms with Crippen LogP contribution in [0.4, 0.5) is 5.69 Å². The molecule has 0 saturated heterocycles. The molecular formula is C11H9N5O. The van der Waals surface area contributed by atoms with Crippen LogP contribution in [0.1, 0.15) is 16.2 Å². The quantitative estimate of drug-likeness (QED) is 0.724. The maximum absolute atomic E-state index is 11.0. The van der Waals surface area contributed by atoms with Gasteiger partial charge >= 0.3 is 0 Å². The molecule has 1 amide bonds. The van der Waals surface area contributed by atoms with E-state index in [0.717, 1.165) is 0 Å². The topological polar surface area (TPSA) is 111 Å². The summed E-state index contributed by atoms with van der Waals surface area (Å²) in [7, 11) is 0. The number of nitriles is 1. The molecule has 2 aromatic rings. The van der Waals surface area contributed by atoms with Crippen molar-refractivity contribution in [3.63, 3.8) is 0 Å². The van der Waals surface area contributed by atoms with Crippen molar-refractivity contribution in [2.24, 2.45) is 5.73 Å². The lowest BCUT2D eigenvalue weighted by atomic mass is 10.1. The van der Waals surface area contributed by atoms with Crippen LogP contribution in [-0.2, 0) is 0 Å². The van der Waals surface area contributed by atoms with Crippen molar-refractivity contribution in [1.29, 1.82) is 5.26 Å². The summed E-state index contributed by atoms with van der Waals surface area (Å²) in [6.07, 6.45) is 3.12. The van der Waals surface area contributed by atoms with Crippen LogP contribution in [0.5, 0.6) is 0 Å². The van der Waals surface area contributed by atoms with Gasteiger partial charge in [-0.2, -0.15) is 5.26 Å². The fraction of sp³-hybridized carbons (Fsp3) is 0. The van der Waals surface area contributed by atoms with Crippen molar-refractivity contribution in [3.8, 4) is 11.8 Å². The molecule has 0 spiro atoms. The molecule has 0 bridgehead atoms. The van der Waals surface area contributed by atoms with Gasteiger partial charge in [-0.25, -0.2) is 4.98 Å². The fourth-order valence-corrected chi connectivity index (χ4v) is 1.51. The number of nitrogens with zero attached hydrogens (tertiary/aromatic N) is 3. The molecule has 0 aliphatic carbocycles. The molecule has 0 atom stereocenters. The number of hydrogen-bond acceptors (Lipinski definition) is 4. The van der Waals surface area contributed by atoms with Crippen molar-refractivity contribution in [2.45, 2.75) is 0 Å². The number of anilines is 1. The van der Waals surface area contributed by atoms with Gasteiger partial charge in [-0.3, -0.25) is 9.36 Å². The van der Waals surface area contributed by atoms with Crippen LogP contribution < -0.4 is 11.5 Å². The summed E-state index contributed by atoms with van der Waals surface area (Å²) in [4.78, 5) is 14.8. The number of imidazole rings is 1. The summed E-state index contributed by atoms with van der Waals surface area (Å²) < 4.78 is 1.54. The van der Waals surface area contributed by atoms with Crippen molar-refractivity contribution in [3.05, 3.63) is 42.0 Å². The predicted molar refractivity (Wildman–Crippen MR) is 61.2 cm³/mol. The van der Waals surface area contributed by atoms with E-state index in [0.29, 0.717) is 16.9 Å². The Morgan fingerprint density at radius 2 is 2.24 bits per heavy atom. The number of nitrogens with two attached hydrogens (primary N) is 2. The lowest BCUT2D eigenvalue weighted by Crippen LogP contribution is -2.12. The monoisotopic (exact) mass is 227 g/mol. The zero-order valence-corrected chi connectivity index (χ0v) is 8.79. The molecular weight excluding hydrogens is 218 g/mol. The summed E-state index contributed by atoms with van der Waals surface area (Å²) in [6.45, 7) is 0. The van der Waals surface area contributed by atoms with Crippen LogP contribution in [0.2, 0.25) is 0 Å². The predicted octanol–water partition coefficient (Wildman–Crippen LogP) is 0.425. The van der Waals surface area contributed by atoms with Crippen molar-refractivity contribution < 1.29 is 4.79 Å². The van der Waals surface area contributed by atoms with Crippen LogP contribution in [-0.4, -0.2) is 15.5 Å². The van der Waals surface area contributed by atoms with Gasteiger partial charge in [0.25, 0.3) is 0 Å². The highest BCUT2D eigenvalue weighted by Crippen LogP contribution is 2.19. The molecule has 1 aromatic carbocycles. The number of carbonyl (C=O) groups is 1. The van der Waals surface area contributed by atoms with Gasteiger partial charge in [0.15, 0.2) is 0 Å². The zero-order chi connectivity index (χ0) is 12.4. The molecule has 1 aromatic heterocycles. The van der Waals surface area contributed by atoms with E-state index >= 15 is 0 Å². The smallest absolute Gasteiger partial charge is 0.248 e. The Hall–Kier alpha value is -2.81. The SMILES string of the molecule is N#Cc1nccn1-c1ccc(C(N)=O)cc1N. The van der Waals surface area contributed by atoms with Gasteiger partial charge in [-0.1, -0.05) is 0 Å². The minimum absolute atomic E-state index is 0.225. The zero-order valence-electron chi connectivity index (χ0n) is 8.79. The Bertz CT molecular complexity index is 623. The van der Waals surface area contributed by atoms with E-state index in [2.05, 4.69) is 4.98 Å². The number of carbonyl (C=O) groups excluding carboxylic acids is 1. The molecule has 0 unspecified atom stereocenters. The second-order valence-electron chi connectivity index (χ2n) is 3.37. The lowest BCUT2D eigenvalue weighted by Gasteiger charge is -2.08. The third-order valence-electron chi connectivity index (χ3n) is 2.31. The summed E-state index contributed by atoms with van der Waals surface area (Å²) in [5.41, 5.74) is 12.2. The van der Waals surface area contributed by atoms with E-state index in [-0.39, 0.29) is 5.82 Å². The first kappa shape index (κ1) is 10.7. The maximum atomic E-state index is 11.0. The molecule has 2 rings (SSSR count). The van der Waals surface area contributed by atoms with Crippen LogP contribution in [0.15, 0.2) is 30.6 Å². The highest BCUT2D eigenvalue weighted by molar-refractivity contribution is 5.94. The van der Waals surface area contributed by atoms with Gasteiger partial charge in [-0.15, -0.1) is 0 Å². The van der Waals surface area contributed by atoms with Gasteiger partial charge < -0.3 is 11.5 Å². The number of benzene rings is 1. The van der Waals surface area contributed by atoms with Crippen LogP contribution in [0.25, 0.3) is 5.69 Å². The molecule has 0 fully saturated rings. The minimum Gasteiger partial charge on any atom is -0.397 e. The largest absolute Gasteiger partial charge is 0.397 e. The summed E-state index contributed by atoms with van der Waals surface area (Å²) in [6, 6.07) is 6.59. The fourth-order valence-electron chi connectivity index (χ4n) is 1.51. The summed E-state index contributed by atoms with van der Waals surface area (Å²) in [5, 5.41) is 8.85. The Morgan fingerprint density at radius 3 is 2.82 bits per heavy atom. The number of hydrogen-bond donors (Lipinski definition) is 2. The Labute approximate surface area is 97.1 Å². The first-order valence-electron chi connectivity index (χ1n) is 4.76. The van der Waals surface area contributed by atoms with E-state index < -0.39 is 5.91 Å². The van der Waals surface area contributed by atoms with E-state index in [1.165, 1.54) is 12.3 Å². The molecule has 17 heavy (non-hydrogen) atoms. The average molecular weight is 227 g/mol. The standard InChI is InChI=1S/C11H9N5O/c12-6-10-15-3-4-16(10)9-2-1-7(11(14)17)5-8(9)13/h1-5H,13H2,(H2,14,17). The van der Waals surface area contributed by atoms with Gasteiger partial charge in [-0.05, 0) is 18.2 Å².